The predicted molar refractivity (Wildman–Crippen MR) is 76.7 cm³/mol. The fourth-order valence-corrected chi connectivity index (χ4v) is 2.37. The molecule has 1 aromatic rings. The average molecular weight is 281 g/mol. The van der Waals surface area contributed by atoms with Crippen LogP contribution < -0.4 is 5.73 Å². The molecule has 0 radical (unpaired) electrons. The van der Waals surface area contributed by atoms with Gasteiger partial charge in [-0.1, -0.05) is 13.3 Å². The zero-order chi connectivity index (χ0) is 15.3. The molecular weight excluding hydrogens is 258 g/mol. The van der Waals surface area contributed by atoms with E-state index in [1.807, 2.05) is 6.92 Å². The maximum absolute atomic E-state index is 10.9. The van der Waals surface area contributed by atoms with Crippen molar-refractivity contribution in [1.82, 2.24) is 0 Å². The van der Waals surface area contributed by atoms with Crippen LogP contribution in [0.3, 0.4) is 0 Å². The number of nitrogens with two attached hydrogens (primary N) is 1. The molecule has 0 aliphatic heterocycles. The van der Waals surface area contributed by atoms with Crippen LogP contribution in [-0.4, -0.2) is 26.8 Å². The van der Waals surface area contributed by atoms with Crippen LogP contribution in [0, 0.1) is 5.92 Å². The molecule has 0 amide bonds. The highest BCUT2D eigenvalue weighted by Gasteiger charge is 2.29. The summed E-state index contributed by atoms with van der Waals surface area (Å²) < 4.78 is 0. The Morgan fingerprint density at radius 2 is 1.85 bits per heavy atom. The Bertz CT molecular complexity index is 451. The minimum atomic E-state index is -1.19. The molecule has 0 saturated carbocycles. The molecule has 20 heavy (non-hydrogen) atoms. The van der Waals surface area contributed by atoms with Crippen molar-refractivity contribution in [3.05, 3.63) is 23.8 Å². The molecule has 0 saturated heterocycles. The largest absolute Gasteiger partial charge is 0.508 e. The van der Waals surface area contributed by atoms with E-state index in [-0.39, 0.29) is 17.4 Å². The van der Waals surface area contributed by atoms with Crippen molar-refractivity contribution >= 4 is 5.97 Å². The van der Waals surface area contributed by atoms with E-state index in [1.165, 1.54) is 13.0 Å². The van der Waals surface area contributed by atoms with Crippen LogP contribution >= 0.6 is 0 Å². The second kappa shape index (κ2) is 6.61. The summed E-state index contributed by atoms with van der Waals surface area (Å²) in [7, 11) is 0. The van der Waals surface area contributed by atoms with Crippen LogP contribution in [0.25, 0.3) is 0 Å². The lowest BCUT2D eigenvalue weighted by Gasteiger charge is -2.23. The molecule has 0 spiro atoms. The number of aromatic hydroxyl groups is 2. The molecule has 0 bridgehead atoms. The molecule has 5 heteroatoms. The van der Waals surface area contributed by atoms with E-state index < -0.39 is 11.5 Å². The minimum absolute atomic E-state index is 0.0495. The lowest BCUT2D eigenvalue weighted by Crippen LogP contribution is -2.46. The third kappa shape index (κ3) is 5.09. The Morgan fingerprint density at radius 1 is 1.30 bits per heavy atom. The van der Waals surface area contributed by atoms with Gasteiger partial charge in [0.15, 0.2) is 0 Å². The standard InChI is InChI=1S/C15H23NO4/c1-10(9-15(2,16)14(19)20)4-3-5-11-6-12(17)8-13(18)7-11/h6-8,10,17-18H,3-5,9,16H2,1-2H3,(H,19,20). The number of aliphatic carboxylic acids is 1. The Morgan fingerprint density at radius 3 is 2.35 bits per heavy atom. The Balaban J connectivity index is 2.42. The minimum Gasteiger partial charge on any atom is -0.508 e. The number of carboxylic acid groups (broad SMARTS) is 1. The molecule has 2 atom stereocenters. The highest BCUT2D eigenvalue weighted by Crippen LogP contribution is 2.24. The summed E-state index contributed by atoms with van der Waals surface area (Å²) in [5, 5.41) is 27.7. The number of hydrogen-bond donors (Lipinski definition) is 4. The third-order valence-corrected chi connectivity index (χ3v) is 3.39. The number of hydrogen-bond acceptors (Lipinski definition) is 4. The van der Waals surface area contributed by atoms with Crippen LogP contribution in [0.4, 0.5) is 0 Å². The van der Waals surface area contributed by atoms with Gasteiger partial charge in [-0.2, -0.15) is 0 Å². The second-order valence-electron chi connectivity index (χ2n) is 5.78. The highest BCUT2D eigenvalue weighted by molar-refractivity contribution is 5.77. The number of aryl methyl sites for hydroxylation is 1. The first-order valence-electron chi connectivity index (χ1n) is 6.75. The fourth-order valence-electron chi connectivity index (χ4n) is 2.37. The van der Waals surface area contributed by atoms with Crippen LogP contribution in [0.15, 0.2) is 18.2 Å². The molecular formula is C15H23NO4. The molecule has 112 valence electrons. The number of benzene rings is 1. The number of phenolic OH excluding ortho intramolecular Hbond substituents is 2. The lowest BCUT2D eigenvalue weighted by molar-refractivity contribution is -0.143. The van der Waals surface area contributed by atoms with Gasteiger partial charge in [0, 0.05) is 6.07 Å². The molecule has 0 heterocycles. The van der Waals surface area contributed by atoms with Gasteiger partial charge in [0.05, 0.1) is 0 Å². The van der Waals surface area contributed by atoms with Crippen molar-refractivity contribution in [2.75, 3.05) is 0 Å². The van der Waals surface area contributed by atoms with Crippen LogP contribution in [0.1, 0.15) is 38.7 Å². The van der Waals surface area contributed by atoms with E-state index >= 15 is 0 Å². The first-order valence-corrected chi connectivity index (χ1v) is 6.75. The number of rotatable bonds is 7. The smallest absolute Gasteiger partial charge is 0.323 e. The van der Waals surface area contributed by atoms with Gasteiger partial charge >= 0.3 is 5.97 Å². The van der Waals surface area contributed by atoms with Gasteiger partial charge in [-0.3, -0.25) is 4.79 Å². The molecule has 1 rings (SSSR count). The van der Waals surface area contributed by atoms with Crippen molar-refractivity contribution in [2.24, 2.45) is 11.7 Å². The Labute approximate surface area is 119 Å². The van der Waals surface area contributed by atoms with Gasteiger partial charge in [-0.05, 0) is 49.8 Å². The first-order chi connectivity index (χ1) is 9.20. The van der Waals surface area contributed by atoms with E-state index in [0.29, 0.717) is 6.42 Å². The Hall–Kier alpha value is -1.75. The predicted octanol–water partition coefficient (Wildman–Crippen LogP) is 2.25. The topological polar surface area (TPSA) is 104 Å². The first kappa shape index (κ1) is 16.3. The molecule has 2 unspecified atom stereocenters. The zero-order valence-corrected chi connectivity index (χ0v) is 12.0. The SMILES string of the molecule is CC(CCCc1cc(O)cc(O)c1)CC(C)(N)C(=O)O. The fraction of sp³-hybridized carbons (Fsp3) is 0.533. The molecule has 0 fully saturated rings. The van der Waals surface area contributed by atoms with Gasteiger partial charge in [-0.15, -0.1) is 0 Å². The van der Waals surface area contributed by atoms with E-state index in [0.717, 1.165) is 24.8 Å². The van der Waals surface area contributed by atoms with E-state index in [4.69, 9.17) is 10.8 Å². The molecule has 1 aromatic carbocycles. The molecule has 0 aliphatic rings. The summed E-state index contributed by atoms with van der Waals surface area (Å²) in [5.41, 5.74) is 5.39. The normalized spacial score (nSPS) is 15.6. The van der Waals surface area contributed by atoms with Gasteiger partial charge in [-0.25, -0.2) is 0 Å². The van der Waals surface area contributed by atoms with Crippen molar-refractivity contribution < 1.29 is 20.1 Å². The Kier molecular flexibility index (Phi) is 5.39. The van der Waals surface area contributed by atoms with Crippen molar-refractivity contribution in [3.8, 4) is 11.5 Å². The van der Waals surface area contributed by atoms with Gasteiger partial charge in [0.25, 0.3) is 0 Å². The quantitative estimate of drug-likeness (QED) is 0.613. The maximum atomic E-state index is 10.9. The summed E-state index contributed by atoms with van der Waals surface area (Å²) in [4.78, 5) is 10.9. The van der Waals surface area contributed by atoms with Crippen molar-refractivity contribution in [3.63, 3.8) is 0 Å². The van der Waals surface area contributed by atoms with Crippen LogP contribution in [0.5, 0.6) is 11.5 Å². The summed E-state index contributed by atoms with van der Waals surface area (Å²) in [6.07, 6.45) is 2.84. The second-order valence-corrected chi connectivity index (χ2v) is 5.78. The van der Waals surface area contributed by atoms with Gasteiger partial charge in [0.1, 0.15) is 17.0 Å². The van der Waals surface area contributed by atoms with Gasteiger partial charge in [0.2, 0.25) is 0 Å². The molecule has 5 nitrogen and oxygen atoms in total. The van der Waals surface area contributed by atoms with E-state index in [2.05, 4.69) is 0 Å². The maximum Gasteiger partial charge on any atom is 0.323 e. The third-order valence-electron chi connectivity index (χ3n) is 3.39. The average Bonchev–Trinajstić information content (AvgIpc) is 2.26. The van der Waals surface area contributed by atoms with Gasteiger partial charge < -0.3 is 21.1 Å². The van der Waals surface area contributed by atoms with Crippen LogP contribution in [-0.2, 0) is 11.2 Å². The summed E-state index contributed by atoms with van der Waals surface area (Å²) in [5.74, 6) is -0.684. The summed E-state index contributed by atoms with van der Waals surface area (Å²) >= 11 is 0. The molecule has 0 aliphatic carbocycles. The number of phenols is 2. The molecule has 5 N–H and O–H groups in total. The van der Waals surface area contributed by atoms with Crippen LogP contribution in [0.2, 0.25) is 0 Å². The van der Waals surface area contributed by atoms with E-state index in [9.17, 15) is 15.0 Å². The zero-order valence-electron chi connectivity index (χ0n) is 12.0. The highest BCUT2D eigenvalue weighted by atomic mass is 16.4. The summed E-state index contributed by atoms with van der Waals surface area (Å²) in [6.45, 7) is 3.51. The molecule has 0 aromatic heterocycles. The number of carbonyl (C=O) groups is 1. The van der Waals surface area contributed by atoms with E-state index in [1.54, 1.807) is 12.1 Å². The number of carboxylic acids is 1. The summed E-state index contributed by atoms with van der Waals surface area (Å²) in [6, 6.07) is 4.53. The van der Waals surface area contributed by atoms with Crippen molar-refractivity contribution in [2.45, 2.75) is 45.1 Å². The lowest BCUT2D eigenvalue weighted by atomic mass is 9.87. The monoisotopic (exact) mass is 281 g/mol. The van der Waals surface area contributed by atoms with Crippen molar-refractivity contribution in [1.29, 1.82) is 0 Å².